The van der Waals surface area contributed by atoms with Gasteiger partial charge >= 0.3 is 5.97 Å². The van der Waals surface area contributed by atoms with Crippen LogP contribution >= 0.6 is 0 Å². The maximum absolute atomic E-state index is 11.5. The number of terminal acetylenes is 4. The smallest absolute Gasteiger partial charge is 0.309 e. The standard InChI is InChI=1S/C11H14O2.2C9H14.C8H12O.C8H12.C7H12O.C7H10O.C6H10O2.C3H6O2/c1-6-2-3-8-10-7(6)4-5-9(10)13-11(8)12;1-7(2)9-5-4-8(3)6-9;1-4-6-7-8-9(3)5-2;1-6(2)7-3-4-8(9)5-7;1-4-6-7-8(3)5-2;2*1-3-5-6-7(8)4-2;1-2-3-4-6(8)5-7;4-1-3-2-5-3/h8-10H,2-5H2,1H3;6,8H,1,4-5H2,2-3H3;5,9H,2,7-8H2,1,3H3;5,8-9H,1,3-4H2,2H3;1,5,8H,2,6-7H2,3H3;1,7-8H,4-6H2,2H3;1,4,7-8H,2,5-6H2;1,6-8H,3-5H2;3-4H,1-2H2/t8-,9+,10+;8-;9-;2*8-;2*7-;6-;3-/m101011101/s1. The quantitative estimate of drug-likeness (QED) is 0.0340. The molecule has 1 saturated carbocycles. The molecule has 2 aliphatic heterocycles. The Morgan fingerprint density at radius 2 is 1.25 bits per heavy atom. The van der Waals surface area contributed by atoms with Gasteiger partial charge < -0.3 is 40.1 Å². The molecule has 0 amide bonds. The highest BCUT2D eigenvalue weighted by Crippen LogP contribution is 2.50. The molecule has 0 unspecified atom stereocenters. The molecule has 0 radical (unpaired) electrons. The van der Waals surface area contributed by atoms with Crippen molar-refractivity contribution in [1.82, 2.24) is 0 Å². The average Bonchev–Trinajstić information content (AvgIpc) is 3.64. The van der Waals surface area contributed by atoms with E-state index >= 15 is 0 Å². The number of rotatable bonds is 18. The second-order valence-corrected chi connectivity index (χ2v) is 20.3. The molecular weight excluding hydrogens is 961 g/mol. The molecule has 0 bridgehead atoms. The van der Waals surface area contributed by atoms with Gasteiger partial charge in [-0.15, -0.1) is 81.0 Å². The van der Waals surface area contributed by atoms with Crippen LogP contribution in [0.1, 0.15) is 177 Å². The number of carbonyl (C=O) groups excluding carboxylic acids is 1. The number of epoxide rings is 1. The van der Waals surface area contributed by atoms with Crippen LogP contribution in [0.15, 0.2) is 96.7 Å². The summed E-state index contributed by atoms with van der Waals surface area (Å²) >= 11 is 0. The SMILES string of the molecule is C#CCC[C@H](C)C=C.C#CCC[C@H](O)C=C.C#CCC[C@H](O)CC.C#CCC[C@H](O)CO.C=C(C)C1=C[C@@H](C)CC1.C=C(C)C1=C[C@@H](O)CC1.C=C[C@@H](C)CCC#CC.CC1=C2CC[C@@H]3OC(=O)[C@H](CC1)[C@H]23.OC[C@@H]1CO1. The van der Waals surface area contributed by atoms with E-state index in [1.54, 1.807) is 5.57 Å². The Bertz CT molecular complexity index is 1920. The van der Waals surface area contributed by atoms with Crippen molar-refractivity contribution >= 4 is 5.97 Å². The van der Waals surface area contributed by atoms with Crippen molar-refractivity contribution in [3.05, 3.63) is 96.7 Å². The Kier molecular flexibility index (Phi) is 48.7. The average molecular weight is 1070 g/mol. The van der Waals surface area contributed by atoms with Gasteiger partial charge in [0.2, 0.25) is 0 Å². The van der Waals surface area contributed by atoms with E-state index in [4.69, 9.17) is 61.1 Å². The molecule has 430 valence electrons. The zero-order chi connectivity index (χ0) is 59.1. The van der Waals surface area contributed by atoms with Crippen LogP contribution in [-0.2, 0) is 14.3 Å². The number of allylic oxidation sites excluding steroid dienone is 8. The Hall–Kier alpha value is -5.09. The molecule has 4 aliphatic carbocycles. The van der Waals surface area contributed by atoms with E-state index < -0.39 is 12.2 Å². The van der Waals surface area contributed by atoms with Gasteiger partial charge in [0.1, 0.15) is 12.2 Å². The monoisotopic (exact) mass is 1060 g/mol. The van der Waals surface area contributed by atoms with Gasteiger partial charge in [-0.3, -0.25) is 4.79 Å². The lowest BCUT2D eigenvalue weighted by atomic mass is 9.78. The van der Waals surface area contributed by atoms with Gasteiger partial charge in [-0.1, -0.05) is 93.5 Å². The number of aliphatic hydroxyl groups excluding tert-OH is 6. The van der Waals surface area contributed by atoms with Crippen molar-refractivity contribution in [1.29, 1.82) is 0 Å². The molecule has 9 nitrogen and oxygen atoms in total. The Morgan fingerprint density at radius 1 is 0.740 bits per heavy atom. The largest absolute Gasteiger partial charge is 0.461 e. The molecule has 2 saturated heterocycles. The van der Waals surface area contributed by atoms with Gasteiger partial charge in [0, 0.05) is 38.0 Å². The molecule has 0 aromatic carbocycles. The molecule has 11 atom stereocenters. The van der Waals surface area contributed by atoms with E-state index in [0.29, 0.717) is 49.9 Å². The lowest BCUT2D eigenvalue weighted by Crippen LogP contribution is -2.22. The van der Waals surface area contributed by atoms with Crippen LogP contribution in [0.3, 0.4) is 0 Å². The minimum absolute atomic E-state index is 0.0692. The Morgan fingerprint density at radius 3 is 1.62 bits per heavy atom. The first-order valence-corrected chi connectivity index (χ1v) is 27.8. The fraction of sp³-hybridized carbons (Fsp3) is 0.603. The zero-order valence-corrected chi connectivity index (χ0v) is 49.0. The van der Waals surface area contributed by atoms with Gasteiger partial charge in [0.15, 0.2) is 0 Å². The highest BCUT2D eigenvalue weighted by molar-refractivity contribution is 5.77. The molecule has 77 heavy (non-hydrogen) atoms. The fourth-order valence-electron chi connectivity index (χ4n) is 7.81. The van der Waals surface area contributed by atoms with Crippen LogP contribution in [0, 0.1) is 90.8 Å². The van der Waals surface area contributed by atoms with E-state index in [0.717, 1.165) is 88.7 Å². The second-order valence-electron chi connectivity index (χ2n) is 20.3. The third-order valence-electron chi connectivity index (χ3n) is 13.3. The van der Waals surface area contributed by atoms with Crippen molar-refractivity contribution in [2.45, 2.75) is 214 Å². The zero-order valence-electron chi connectivity index (χ0n) is 49.0. The molecule has 3 fully saturated rings. The molecule has 6 N–H and O–H groups in total. The summed E-state index contributed by atoms with van der Waals surface area (Å²) in [6.07, 6.45) is 45.8. The summed E-state index contributed by atoms with van der Waals surface area (Å²) in [7, 11) is 0. The number of hydrogen-bond acceptors (Lipinski definition) is 9. The van der Waals surface area contributed by atoms with E-state index in [2.05, 4.69) is 114 Å². The van der Waals surface area contributed by atoms with E-state index in [9.17, 15) is 4.79 Å². The van der Waals surface area contributed by atoms with Crippen molar-refractivity contribution in [2.75, 3.05) is 19.8 Å². The predicted molar refractivity (Wildman–Crippen MR) is 324 cm³/mol. The minimum Gasteiger partial charge on any atom is -0.461 e. The predicted octanol–water partition coefficient (Wildman–Crippen LogP) is 12.7. The number of ether oxygens (including phenoxy) is 2. The highest BCUT2D eigenvalue weighted by Gasteiger charge is 2.51. The summed E-state index contributed by atoms with van der Waals surface area (Å²) in [4.78, 5) is 11.5. The maximum Gasteiger partial charge on any atom is 0.309 e. The fourth-order valence-corrected chi connectivity index (χ4v) is 7.81. The number of hydrogen-bond donors (Lipinski definition) is 6. The number of carbonyl (C=O) groups is 1. The van der Waals surface area contributed by atoms with Gasteiger partial charge in [-0.25, -0.2) is 0 Å². The van der Waals surface area contributed by atoms with E-state index in [1.807, 2.05) is 39.0 Å². The molecule has 0 aromatic heterocycles. The molecule has 6 rings (SSSR count). The molecule has 6 aliphatic rings. The summed E-state index contributed by atoms with van der Waals surface area (Å²) in [5, 5.41) is 51.7. The third-order valence-corrected chi connectivity index (χ3v) is 13.3. The molecular formula is C68H104O9. The lowest BCUT2D eigenvalue weighted by molar-refractivity contribution is -0.144. The normalized spacial score (nSPS) is 21.9. The van der Waals surface area contributed by atoms with Crippen LogP contribution in [0.2, 0.25) is 0 Å². The first-order chi connectivity index (χ1) is 36.6. The summed E-state index contributed by atoms with van der Waals surface area (Å²) in [6.45, 7) is 35.8. The Balaban J connectivity index is -0.000000808. The third kappa shape index (κ3) is 40.7. The summed E-state index contributed by atoms with van der Waals surface area (Å²) < 4.78 is 9.98. The summed E-state index contributed by atoms with van der Waals surface area (Å²) in [5.74, 6) is 18.5. The molecule has 2 heterocycles. The summed E-state index contributed by atoms with van der Waals surface area (Å²) in [5.41, 5.74) is 8.12. The highest BCUT2D eigenvalue weighted by atomic mass is 16.6. The van der Waals surface area contributed by atoms with Crippen LogP contribution in [-0.4, -0.2) is 93.1 Å². The van der Waals surface area contributed by atoms with Crippen molar-refractivity contribution in [3.8, 4) is 61.2 Å². The Labute approximate surface area is 470 Å². The van der Waals surface area contributed by atoms with Gasteiger partial charge in [-0.2, -0.15) is 0 Å². The first-order valence-electron chi connectivity index (χ1n) is 27.8. The van der Waals surface area contributed by atoms with Crippen molar-refractivity contribution in [2.24, 2.45) is 29.6 Å². The topological polar surface area (TPSA) is 160 Å². The van der Waals surface area contributed by atoms with E-state index in [-0.39, 0.29) is 49.5 Å². The molecule has 0 spiro atoms. The summed E-state index contributed by atoms with van der Waals surface area (Å²) in [6, 6.07) is 0. The van der Waals surface area contributed by atoms with Gasteiger partial charge in [-0.05, 0) is 146 Å². The first kappa shape index (κ1) is 76.1. The second kappa shape index (κ2) is 49.2. The lowest BCUT2D eigenvalue weighted by Gasteiger charge is -2.23. The van der Waals surface area contributed by atoms with E-state index in [1.165, 1.54) is 47.6 Å². The van der Waals surface area contributed by atoms with Crippen LogP contribution in [0.5, 0.6) is 0 Å². The van der Waals surface area contributed by atoms with Crippen molar-refractivity contribution < 1.29 is 44.9 Å². The molecule has 0 aromatic rings. The van der Waals surface area contributed by atoms with Gasteiger partial charge in [0.05, 0.1) is 50.2 Å². The molecule has 9 heteroatoms. The van der Waals surface area contributed by atoms with Crippen LogP contribution < -0.4 is 0 Å². The van der Waals surface area contributed by atoms with Crippen LogP contribution in [0.25, 0.3) is 0 Å². The van der Waals surface area contributed by atoms with Gasteiger partial charge in [0.25, 0.3) is 0 Å². The number of aliphatic hydroxyl groups is 6. The maximum atomic E-state index is 11.5. The van der Waals surface area contributed by atoms with Crippen LogP contribution in [0.4, 0.5) is 0 Å². The minimum atomic E-state index is -0.633. The number of esters is 1. The van der Waals surface area contributed by atoms with Crippen molar-refractivity contribution in [3.63, 3.8) is 0 Å².